The average Bonchev–Trinajstić information content (AvgIpc) is 3.28. The summed E-state index contributed by atoms with van der Waals surface area (Å²) in [6, 6.07) is 0. The molecule has 8 heteroatoms. The molecule has 0 aliphatic heterocycles. The Morgan fingerprint density at radius 3 is 2.50 bits per heavy atom. The van der Waals surface area contributed by atoms with Gasteiger partial charge in [-0.25, -0.2) is 15.0 Å². The van der Waals surface area contributed by atoms with Gasteiger partial charge < -0.3 is 5.73 Å². The summed E-state index contributed by atoms with van der Waals surface area (Å²) in [5.74, 6) is -1.03. The highest BCUT2D eigenvalue weighted by molar-refractivity contribution is 5.75. The number of imidazole rings is 1. The van der Waals surface area contributed by atoms with Crippen LogP contribution in [0.15, 0.2) is 6.33 Å². The molecule has 0 aromatic carbocycles. The van der Waals surface area contributed by atoms with Crippen molar-refractivity contribution in [2.75, 3.05) is 0 Å². The second kappa shape index (κ2) is 3.49. The number of aromatic nitrogens is 4. The van der Waals surface area contributed by atoms with Crippen LogP contribution in [0, 0.1) is 0 Å². The number of hydrogen-bond acceptors (Lipinski definition) is 4. The number of alkyl halides is 3. The van der Waals surface area contributed by atoms with E-state index >= 15 is 0 Å². The van der Waals surface area contributed by atoms with Crippen molar-refractivity contribution in [3.63, 3.8) is 0 Å². The largest absolute Gasteiger partial charge is 0.451 e. The zero-order valence-corrected chi connectivity index (χ0v) is 10.5. The first kappa shape index (κ1) is 12.1. The van der Waals surface area contributed by atoms with Crippen molar-refractivity contribution < 1.29 is 13.2 Å². The molecule has 2 aromatic rings. The number of halogens is 3. The molecule has 2 N–H and O–H groups in total. The van der Waals surface area contributed by atoms with Crippen molar-refractivity contribution in [2.45, 2.75) is 43.4 Å². The summed E-state index contributed by atoms with van der Waals surface area (Å²) < 4.78 is 40.4. The van der Waals surface area contributed by atoms with Crippen molar-refractivity contribution in [3.05, 3.63) is 17.8 Å². The molecule has 2 aliphatic carbocycles. The Morgan fingerprint density at radius 2 is 1.95 bits per heavy atom. The van der Waals surface area contributed by atoms with Gasteiger partial charge in [-0.05, 0) is 25.7 Å². The first-order valence-corrected chi connectivity index (χ1v) is 6.50. The van der Waals surface area contributed by atoms with E-state index in [1.165, 1.54) is 6.33 Å². The Labute approximate surface area is 112 Å². The third-order valence-corrected chi connectivity index (χ3v) is 3.88. The second-order valence-electron chi connectivity index (χ2n) is 5.59. The van der Waals surface area contributed by atoms with Gasteiger partial charge in [0.05, 0.1) is 17.7 Å². The molecule has 2 saturated carbocycles. The summed E-state index contributed by atoms with van der Waals surface area (Å²) in [6.45, 7) is 0. The highest BCUT2D eigenvalue weighted by Gasteiger charge is 2.44. The third-order valence-electron chi connectivity index (χ3n) is 3.88. The SMILES string of the molecule is NC1(n2cnc3c(C4CC4)nc(C(F)(F)F)nc32)CC1. The molecule has 2 heterocycles. The van der Waals surface area contributed by atoms with E-state index in [0.29, 0.717) is 11.2 Å². The van der Waals surface area contributed by atoms with Crippen LogP contribution in [0.1, 0.15) is 43.1 Å². The standard InChI is InChI=1S/C12H12F3N5/c13-12(14,15)10-18-7(6-1-2-6)8-9(19-10)20(5-17-8)11(16)3-4-11/h5-6H,1-4,16H2. The van der Waals surface area contributed by atoms with Gasteiger partial charge in [0.15, 0.2) is 5.65 Å². The quantitative estimate of drug-likeness (QED) is 0.916. The zero-order valence-electron chi connectivity index (χ0n) is 10.5. The lowest BCUT2D eigenvalue weighted by atomic mass is 10.2. The molecule has 0 spiro atoms. The van der Waals surface area contributed by atoms with Crippen molar-refractivity contribution in [1.29, 1.82) is 0 Å². The normalized spacial score (nSPS) is 21.4. The lowest BCUT2D eigenvalue weighted by molar-refractivity contribution is -0.144. The third kappa shape index (κ3) is 1.71. The van der Waals surface area contributed by atoms with E-state index in [4.69, 9.17) is 5.73 Å². The van der Waals surface area contributed by atoms with Crippen molar-refractivity contribution in [2.24, 2.45) is 5.73 Å². The molecule has 5 nitrogen and oxygen atoms in total. The summed E-state index contributed by atoms with van der Waals surface area (Å²) in [7, 11) is 0. The number of rotatable bonds is 2. The van der Waals surface area contributed by atoms with Gasteiger partial charge in [0.1, 0.15) is 5.52 Å². The molecule has 2 fully saturated rings. The topological polar surface area (TPSA) is 69.6 Å². The number of nitrogens with zero attached hydrogens (tertiary/aromatic N) is 4. The van der Waals surface area contributed by atoms with Crippen LogP contribution in [0.2, 0.25) is 0 Å². The summed E-state index contributed by atoms with van der Waals surface area (Å²) in [5, 5.41) is 0. The number of nitrogens with two attached hydrogens (primary N) is 1. The van der Waals surface area contributed by atoms with E-state index in [0.717, 1.165) is 25.7 Å². The number of fused-ring (bicyclic) bond motifs is 1. The van der Waals surface area contributed by atoms with Crippen molar-refractivity contribution in [3.8, 4) is 0 Å². The molecule has 4 rings (SSSR count). The van der Waals surface area contributed by atoms with E-state index in [1.807, 2.05) is 0 Å². The molecule has 0 saturated heterocycles. The van der Waals surface area contributed by atoms with E-state index in [2.05, 4.69) is 15.0 Å². The molecule has 0 unspecified atom stereocenters. The Bertz CT molecular complexity index is 697. The minimum absolute atomic E-state index is 0.0675. The maximum absolute atomic E-state index is 12.9. The summed E-state index contributed by atoms with van der Waals surface area (Å²) in [4.78, 5) is 11.6. The zero-order chi connectivity index (χ0) is 14.1. The summed E-state index contributed by atoms with van der Waals surface area (Å²) in [5.41, 5.74) is 6.49. The van der Waals surface area contributed by atoms with Gasteiger partial charge in [-0.3, -0.25) is 4.57 Å². The maximum atomic E-state index is 12.9. The number of hydrogen-bond donors (Lipinski definition) is 1. The molecular weight excluding hydrogens is 271 g/mol. The second-order valence-corrected chi connectivity index (χ2v) is 5.59. The highest BCUT2D eigenvalue weighted by atomic mass is 19.4. The highest BCUT2D eigenvalue weighted by Crippen LogP contribution is 2.44. The minimum Gasteiger partial charge on any atom is -0.308 e. The Kier molecular flexibility index (Phi) is 2.11. The fourth-order valence-corrected chi connectivity index (χ4v) is 2.38. The molecule has 20 heavy (non-hydrogen) atoms. The van der Waals surface area contributed by atoms with Crippen LogP contribution < -0.4 is 5.73 Å². The van der Waals surface area contributed by atoms with Gasteiger partial charge in [0.2, 0.25) is 5.82 Å². The predicted molar refractivity (Wildman–Crippen MR) is 63.7 cm³/mol. The van der Waals surface area contributed by atoms with Crippen molar-refractivity contribution in [1.82, 2.24) is 19.5 Å². The van der Waals surface area contributed by atoms with Gasteiger partial charge in [-0.2, -0.15) is 13.2 Å². The van der Waals surface area contributed by atoms with E-state index in [1.54, 1.807) is 4.57 Å². The first-order chi connectivity index (χ1) is 9.38. The molecule has 0 bridgehead atoms. The fourth-order valence-electron chi connectivity index (χ4n) is 2.38. The van der Waals surface area contributed by atoms with Crippen LogP contribution in [0.25, 0.3) is 11.2 Å². The molecule has 0 radical (unpaired) electrons. The Hall–Kier alpha value is -1.70. The van der Waals surface area contributed by atoms with Crippen LogP contribution in [0.3, 0.4) is 0 Å². The van der Waals surface area contributed by atoms with Crippen LogP contribution in [0.5, 0.6) is 0 Å². The van der Waals surface area contributed by atoms with Crippen molar-refractivity contribution >= 4 is 11.2 Å². The van der Waals surface area contributed by atoms with Gasteiger partial charge in [-0.1, -0.05) is 0 Å². The summed E-state index contributed by atoms with van der Waals surface area (Å²) >= 11 is 0. The lowest BCUT2D eigenvalue weighted by Gasteiger charge is -2.13. The summed E-state index contributed by atoms with van der Waals surface area (Å²) in [6.07, 6.45) is 0.0792. The molecule has 2 aliphatic rings. The minimum atomic E-state index is -4.56. The molecule has 0 amide bonds. The smallest absolute Gasteiger partial charge is 0.308 e. The van der Waals surface area contributed by atoms with Gasteiger partial charge in [0.25, 0.3) is 0 Å². The van der Waals surface area contributed by atoms with E-state index in [9.17, 15) is 13.2 Å². The monoisotopic (exact) mass is 283 g/mol. The van der Waals surface area contributed by atoms with Gasteiger partial charge in [0, 0.05) is 5.92 Å². The lowest BCUT2D eigenvalue weighted by Crippen LogP contribution is -2.27. The maximum Gasteiger partial charge on any atom is 0.451 e. The van der Waals surface area contributed by atoms with E-state index < -0.39 is 17.7 Å². The fraction of sp³-hybridized carbons (Fsp3) is 0.583. The van der Waals surface area contributed by atoms with E-state index in [-0.39, 0.29) is 11.6 Å². The molecule has 0 atom stereocenters. The van der Waals surface area contributed by atoms with Crippen LogP contribution in [-0.4, -0.2) is 19.5 Å². The molecule has 2 aromatic heterocycles. The predicted octanol–water partition coefficient (Wildman–Crippen LogP) is 2.13. The Balaban J connectivity index is 1.98. The van der Waals surface area contributed by atoms with Crippen LogP contribution in [-0.2, 0) is 11.8 Å². The van der Waals surface area contributed by atoms with Crippen LogP contribution in [0.4, 0.5) is 13.2 Å². The Morgan fingerprint density at radius 1 is 1.25 bits per heavy atom. The van der Waals surface area contributed by atoms with Gasteiger partial charge >= 0.3 is 6.18 Å². The van der Waals surface area contributed by atoms with Crippen LogP contribution >= 0.6 is 0 Å². The average molecular weight is 283 g/mol. The van der Waals surface area contributed by atoms with Gasteiger partial charge in [-0.15, -0.1) is 0 Å². The molecule has 106 valence electrons. The first-order valence-electron chi connectivity index (χ1n) is 6.50. The molecular formula is C12H12F3N5.